The summed E-state index contributed by atoms with van der Waals surface area (Å²) in [6, 6.07) is 4.30. The molecule has 0 radical (unpaired) electrons. The number of hydrogen-bond acceptors (Lipinski definition) is 10. The number of amides is 1. The lowest BCUT2D eigenvalue weighted by Crippen LogP contribution is -2.51. The maximum Gasteiger partial charge on any atom is 0.287 e. The minimum atomic E-state index is -4.33. The van der Waals surface area contributed by atoms with Gasteiger partial charge in [0.1, 0.15) is 32.7 Å². The summed E-state index contributed by atoms with van der Waals surface area (Å²) in [5.74, 6) is -1.04. The Morgan fingerprint density at radius 2 is 1.95 bits per heavy atom. The molecule has 12 nitrogen and oxygen atoms in total. The fourth-order valence-corrected chi connectivity index (χ4v) is 8.54. The lowest BCUT2D eigenvalue weighted by Gasteiger charge is -2.41. The maximum absolute atomic E-state index is 14.0. The van der Waals surface area contributed by atoms with Gasteiger partial charge >= 0.3 is 0 Å². The van der Waals surface area contributed by atoms with Crippen LogP contribution in [0.4, 0.5) is 5.00 Å². The topological polar surface area (TPSA) is 175 Å². The minimum Gasteiger partial charge on any atom is -0.511 e. The lowest BCUT2D eigenvalue weighted by atomic mass is 9.84. The van der Waals surface area contributed by atoms with Crippen molar-refractivity contribution in [2.75, 3.05) is 18.7 Å². The van der Waals surface area contributed by atoms with Gasteiger partial charge in [-0.1, -0.05) is 19.3 Å². The van der Waals surface area contributed by atoms with Gasteiger partial charge in [0.05, 0.1) is 13.4 Å². The number of rotatable bonds is 7. The number of amidine groups is 1. The van der Waals surface area contributed by atoms with Crippen molar-refractivity contribution < 1.29 is 36.6 Å². The number of aromatic hydroxyl groups is 1. The third-order valence-corrected chi connectivity index (χ3v) is 10.5. The van der Waals surface area contributed by atoms with Crippen molar-refractivity contribution in [3.05, 3.63) is 46.0 Å². The Labute approximate surface area is 236 Å². The standard InChI is InChI=1S/C25H30N4O8S3/c1-37-19-10-16(30)9-8-14(19)12-29-18-7-5-3-4-6-17(18)21(31)20(25(29)32)23-27-24-22(40(35,36)28-23)15(13-38-24)11-26-39(2,33)34/h8-10,13,17-18,26,30-31H,3-7,11-12H2,1-2H3,(H,27,28). The Morgan fingerprint density at radius 3 is 2.67 bits per heavy atom. The SMILES string of the molecule is COc1cc(O)ccc1CN1C(=O)C(C2=NS(=O)(=O)c3c(CNS(C)(=O)=O)csc3N2)=C(O)C2CCCCCC21. The number of anilines is 1. The molecule has 1 aliphatic carbocycles. The van der Waals surface area contributed by atoms with Crippen molar-refractivity contribution >= 4 is 48.1 Å². The molecule has 2 atom stereocenters. The maximum atomic E-state index is 14.0. The first kappa shape index (κ1) is 28.4. The molecule has 3 heterocycles. The molecule has 1 fully saturated rings. The van der Waals surface area contributed by atoms with Crippen LogP contribution in [-0.2, 0) is 37.9 Å². The molecule has 1 saturated carbocycles. The van der Waals surface area contributed by atoms with E-state index in [-0.39, 0.29) is 57.5 Å². The number of sulfonamides is 2. The third kappa shape index (κ3) is 5.42. The van der Waals surface area contributed by atoms with Gasteiger partial charge in [0.2, 0.25) is 10.0 Å². The fraction of sp³-hybridized carbons (Fsp3) is 0.440. The number of aliphatic hydroxyl groups is 1. The Morgan fingerprint density at radius 1 is 1.20 bits per heavy atom. The van der Waals surface area contributed by atoms with Gasteiger partial charge in [0, 0.05) is 42.2 Å². The molecule has 4 N–H and O–H groups in total. The van der Waals surface area contributed by atoms with Crippen LogP contribution in [-0.4, -0.2) is 63.1 Å². The zero-order valence-corrected chi connectivity index (χ0v) is 24.3. The van der Waals surface area contributed by atoms with Gasteiger partial charge < -0.3 is 25.2 Å². The van der Waals surface area contributed by atoms with Gasteiger partial charge in [-0.05, 0) is 30.4 Å². The minimum absolute atomic E-state index is 0.0139. The van der Waals surface area contributed by atoms with Crippen LogP contribution in [0.25, 0.3) is 0 Å². The molecule has 5 rings (SSSR count). The zero-order chi connectivity index (χ0) is 28.8. The summed E-state index contributed by atoms with van der Waals surface area (Å²) < 4.78 is 61.3. The summed E-state index contributed by atoms with van der Waals surface area (Å²) in [7, 11) is -6.44. The van der Waals surface area contributed by atoms with E-state index in [1.165, 1.54) is 24.6 Å². The van der Waals surface area contributed by atoms with Crippen molar-refractivity contribution in [1.29, 1.82) is 0 Å². The average molecular weight is 611 g/mol. The van der Waals surface area contributed by atoms with Crippen LogP contribution in [0.15, 0.2) is 44.2 Å². The first-order valence-electron chi connectivity index (χ1n) is 12.7. The molecule has 1 aromatic heterocycles. The summed E-state index contributed by atoms with van der Waals surface area (Å²) >= 11 is 1.04. The van der Waals surface area contributed by atoms with E-state index in [1.54, 1.807) is 11.0 Å². The van der Waals surface area contributed by atoms with Crippen LogP contribution < -0.4 is 14.8 Å². The van der Waals surface area contributed by atoms with Crippen LogP contribution in [0.3, 0.4) is 0 Å². The smallest absolute Gasteiger partial charge is 0.287 e. The third-order valence-electron chi connectivity index (χ3n) is 7.35. The molecule has 0 bridgehead atoms. The van der Waals surface area contributed by atoms with E-state index < -0.39 is 31.9 Å². The molecule has 2 unspecified atom stereocenters. The van der Waals surface area contributed by atoms with Gasteiger partial charge in [0.15, 0.2) is 5.84 Å². The Bertz CT molecular complexity index is 1630. The second kappa shape index (κ2) is 10.7. The van der Waals surface area contributed by atoms with Crippen molar-refractivity contribution in [3.63, 3.8) is 0 Å². The van der Waals surface area contributed by atoms with Gasteiger partial charge in [-0.3, -0.25) is 4.79 Å². The number of ether oxygens (including phenoxy) is 1. The molecule has 2 aromatic rings. The summed E-state index contributed by atoms with van der Waals surface area (Å²) in [4.78, 5) is 15.5. The largest absolute Gasteiger partial charge is 0.511 e. The van der Waals surface area contributed by atoms with E-state index in [4.69, 9.17) is 4.74 Å². The number of hydrogen-bond donors (Lipinski definition) is 4. The number of thiophene rings is 1. The number of nitrogens with one attached hydrogen (secondary N) is 2. The van der Waals surface area contributed by atoms with E-state index >= 15 is 0 Å². The van der Waals surface area contributed by atoms with Crippen molar-refractivity contribution in [3.8, 4) is 11.5 Å². The first-order valence-corrected chi connectivity index (χ1v) is 16.9. The highest BCUT2D eigenvalue weighted by Gasteiger charge is 2.45. The molecular formula is C25H30N4O8S3. The number of benzene rings is 1. The van der Waals surface area contributed by atoms with Crippen LogP contribution in [0.5, 0.6) is 11.5 Å². The lowest BCUT2D eigenvalue weighted by molar-refractivity contribution is -0.132. The fourth-order valence-electron chi connectivity index (χ4n) is 5.52. The molecule has 1 amide bonds. The Hall–Kier alpha value is -3.14. The van der Waals surface area contributed by atoms with Crippen LogP contribution >= 0.6 is 11.3 Å². The van der Waals surface area contributed by atoms with E-state index in [0.29, 0.717) is 24.2 Å². The average Bonchev–Trinajstić information content (AvgIpc) is 3.14. The molecule has 15 heteroatoms. The van der Waals surface area contributed by atoms with E-state index in [0.717, 1.165) is 36.9 Å². The van der Waals surface area contributed by atoms with Gasteiger partial charge in [-0.25, -0.2) is 13.1 Å². The number of phenolic OH excluding ortho intramolecular Hbond substituents is 1. The Balaban J connectivity index is 1.55. The first-order chi connectivity index (χ1) is 18.9. The van der Waals surface area contributed by atoms with Gasteiger partial charge in [-0.2, -0.15) is 8.42 Å². The predicted octanol–water partition coefficient (Wildman–Crippen LogP) is 2.83. The quantitative estimate of drug-likeness (QED) is 0.367. The highest BCUT2D eigenvalue weighted by Crippen LogP contribution is 2.42. The Kier molecular flexibility index (Phi) is 7.58. The number of methoxy groups -OCH3 is 1. The predicted molar refractivity (Wildman–Crippen MR) is 149 cm³/mol. The van der Waals surface area contributed by atoms with Crippen molar-refractivity contribution in [2.24, 2.45) is 10.3 Å². The highest BCUT2D eigenvalue weighted by atomic mass is 32.2. The molecule has 2 aliphatic heterocycles. The summed E-state index contributed by atoms with van der Waals surface area (Å²) in [6.45, 7) is -0.124. The summed E-state index contributed by atoms with van der Waals surface area (Å²) in [5, 5.41) is 25.9. The molecule has 0 spiro atoms. The summed E-state index contributed by atoms with van der Waals surface area (Å²) in [5.41, 5.74) is 0.658. The molecular weight excluding hydrogens is 580 g/mol. The van der Waals surface area contributed by atoms with E-state index in [1.807, 2.05) is 0 Å². The number of aliphatic hydroxyl groups excluding tert-OH is 1. The van der Waals surface area contributed by atoms with E-state index in [9.17, 15) is 31.8 Å². The molecule has 1 aromatic carbocycles. The second-order valence-corrected chi connectivity index (χ2v) is 14.3. The van der Waals surface area contributed by atoms with Gasteiger partial charge in [0.25, 0.3) is 15.9 Å². The monoisotopic (exact) mass is 610 g/mol. The number of nitrogens with zero attached hydrogens (tertiary/aromatic N) is 2. The number of carbonyl (C=O) groups is 1. The second-order valence-electron chi connectivity index (χ2n) is 10.1. The van der Waals surface area contributed by atoms with Crippen molar-refractivity contribution in [2.45, 2.75) is 56.1 Å². The van der Waals surface area contributed by atoms with Crippen LogP contribution in [0.1, 0.15) is 43.2 Å². The molecule has 216 valence electrons. The summed E-state index contributed by atoms with van der Waals surface area (Å²) in [6.07, 6.45) is 4.90. The molecule has 0 saturated heterocycles. The highest BCUT2D eigenvalue weighted by molar-refractivity contribution is 7.91. The van der Waals surface area contributed by atoms with E-state index in [2.05, 4.69) is 14.4 Å². The zero-order valence-electron chi connectivity index (χ0n) is 21.9. The number of carbonyl (C=O) groups excluding carboxylic acids is 1. The van der Waals surface area contributed by atoms with Gasteiger partial charge in [-0.15, -0.1) is 15.7 Å². The molecule has 40 heavy (non-hydrogen) atoms. The normalized spacial score (nSPS) is 22.6. The van der Waals surface area contributed by atoms with Crippen molar-refractivity contribution in [1.82, 2.24) is 9.62 Å². The number of fused-ring (bicyclic) bond motifs is 2. The molecule has 3 aliphatic rings. The van der Waals surface area contributed by atoms with Crippen LogP contribution in [0, 0.1) is 5.92 Å². The van der Waals surface area contributed by atoms with Crippen LogP contribution in [0.2, 0.25) is 0 Å². The number of phenols is 1.